The van der Waals surface area contributed by atoms with Crippen LogP contribution in [-0.4, -0.2) is 76.0 Å². The second-order valence-electron chi connectivity index (χ2n) is 7.98. The smallest absolute Gasteiger partial charge is 0.262 e. The highest BCUT2D eigenvalue weighted by atomic mass is 32.2. The van der Waals surface area contributed by atoms with E-state index in [4.69, 9.17) is 4.74 Å². The fourth-order valence-electron chi connectivity index (χ4n) is 3.96. The lowest BCUT2D eigenvalue weighted by atomic mass is 10.2. The van der Waals surface area contributed by atoms with Crippen LogP contribution >= 0.6 is 0 Å². The highest BCUT2D eigenvalue weighted by Crippen LogP contribution is 2.31. The summed E-state index contributed by atoms with van der Waals surface area (Å²) in [4.78, 5) is 17.3. The van der Waals surface area contributed by atoms with Gasteiger partial charge in [-0.3, -0.25) is 4.79 Å². The Labute approximate surface area is 201 Å². The van der Waals surface area contributed by atoms with Crippen molar-refractivity contribution in [1.29, 1.82) is 0 Å². The minimum Gasteiger partial charge on any atom is -0.484 e. The molecule has 8 nitrogen and oxygen atoms in total. The zero-order valence-corrected chi connectivity index (χ0v) is 20.8. The first-order chi connectivity index (χ1) is 16.3. The van der Waals surface area contributed by atoms with Gasteiger partial charge in [-0.05, 0) is 36.9 Å². The average molecular weight is 493 g/mol. The Balaban J connectivity index is 1.85. The number of hydrogen-bond acceptors (Lipinski definition) is 6. The van der Waals surface area contributed by atoms with Crippen molar-refractivity contribution >= 4 is 27.3 Å². The highest BCUT2D eigenvalue weighted by Gasteiger charge is 2.25. The molecular weight excluding hydrogens is 459 g/mol. The Morgan fingerprint density at radius 3 is 2.38 bits per heavy atom. The van der Waals surface area contributed by atoms with E-state index in [1.165, 1.54) is 28.6 Å². The van der Waals surface area contributed by atoms with Gasteiger partial charge in [0.2, 0.25) is 10.0 Å². The van der Waals surface area contributed by atoms with Gasteiger partial charge in [-0.25, -0.2) is 12.8 Å². The largest absolute Gasteiger partial charge is 0.484 e. The Morgan fingerprint density at radius 1 is 1.06 bits per heavy atom. The van der Waals surface area contributed by atoms with Crippen LogP contribution in [0.25, 0.3) is 0 Å². The minimum absolute atomic E-state index is 0.119. The summed E-state index contributed by atoms with van der Waals surface area (Å²) in [5.41, 5.74) is 1.17. The summed E-state index contributed by atoms with van der Waals surface area (Å²) >= 11 is 0. The molecule has 0 radical (unpaired) electrons. The summed E-state index contributed by atoms with van der Waals surface area (Å²) in [6.07, 6.45) is 0. The molecule has 2 aromatic carbocycles. The van der Waals surface area contributed by atoms with Crippen LogP contribution in [0.15, 0.2) is 47.4 Å². The lowest BCUT2D eigenvalue weighted by Crippen LogP contribution is -2.46. The molecule has 0 spiro atoms. The normalized spacial score (nSPS) is 14.9. The van der Waals surface area contributed by atoms with Gasteiger partial charge in [0.15, 0.2) is 6.61 Å². The number of benzene rings is 2. The standard InChI is InChI=1S/C24H33FN4O4S/c1-4-27-12-14-28(15-13-27)23-11-10-21(34(31,32)29(5-2)6-3)17-22(23)26-24(30)18-33-20-9-7-8-19(25)16-20/h7-11,16-17H,4-6,12-15,18H2,1-3H3,(H,26,30). The second-order valence-corrected chi connectivity index (χ2v) is 9.92. The van der Waals surface area contributed by atoms with Crippen LogP contribution in [0.1, 0.15) is 20.8 Å². The molecule has 1 N–H and O–H groups in total. The molecule has 0 atom stereocenters. The minimum atomic E-state index is -3.70. The molecule has 10 heteroatoms. The number of carbonyl (C=O) groups is 1. The van der Waals surface area contributed by atoms with E-state index in [2.05, 4.69) is 22.0 Å². The van der Waals surface area contributed by atoms with E-state index in [-0.39, 0.29) is 17.3 Å². The maximum Gasteiger partial charge on any atom is 0.262 e. The van der Waals surface area contributed by atoms with Gasteiger partial charge in [-0.15, -0.1) is 0 Å². The van der Waals surface area contributed by atoms with Crippen molar-refractivity contribution in [3.63, 3.8) is 0 Å². The highest BCUT2D eigenvalue weighted by molar-refractivity contribution is 7.89. The van der Waals surface area contributed by atoms with Gasteiger partial charge >= 0.3 is 0 Å². The van der Waals surface area contributed by atoms with Crippen LogP contribution in [0.3, 0.4) is 0 Å². The molecule has 34 heavy (non-hydrogen) atoms. The number of rotatable bonds is 10. The summed E-state index contributed by atoms with van der Waals surface area (Å²) in [5.74, 6) is -0.681. The number of sulfonamides is 1. The lowest BCUT2D eigenvalue weighted by molar-refractivity contribution is -0.118. The molecule has 1 aliphatic heterocycles. The zero-order valence-electron chi connectivity index (χ0n) is 20.0. The van der Waals surface area contributed by atoms with Crippen LogP contribution in [0, 0.1) is 5.82 Å². The Kier molecular flexibility index (Phi) is 8.87. The van der Waals surface area contributed by atoms with Gasteiger partial charge in [-0.2, -0.15) is 4.31 Å². The van der Waals surface area contributed by atoms with Gasteiger partial charge in [0.1, 0.15) is 11.6 Å². The van der Waals surface area contributed by atoms with Crippen molar-refractivity contribution < 1.29 is 22.3 Å². The molecule has 1 saturated heterocycles. The molecular formula is C24H33FN4O4S. The van der Waals surface area contributed by atoms with E-state index in [9.17, 15) is 17.6 Å². The number of carbonyl (C=O) groups excluding carboxylic acids is 1. The Bertz CT molecular complexity index is 1080. The fourth-order valence-corrected chi connectivity index (χ4v) is 5.45. The number of anilines is 2. The van der Waals surface area contributed by atoms with Crippen molar-refractivity contribution in [1.82, 2.24) is 9.21 Å². The molecule has 1 amide bonds. The first-order valence-corrected chi connectivity index (χ1v) is 13.0. The number of amides is 1. The van der Waals surface area contributed by atoms with Gasteiger partial charge < -0.3 is 19.9 Å². The van der Waals surface area contributed by atoms with Crippen molar-refractivity contribution in [3.05, 3.63) is 48.3 Å². The summed E-state index contributed by atoms with van der Waals surface area (Å²) in [5, 5.41) is 2.81. The Morgan fingerprint density at radius 2 is 1.76 bits per heavy atom. The molecule has 0 bridgehead atoms. The van der Waals surface area contributed by atoms with Crippen LogP contribution in [0.2, 0.25) is 0 Å². The topological polar surface area (TPSA) is 82.2 Å². The SMILES string of the molecule is CCN1CCN(c2ccc(S(=O)(=O)N(CC)CC)cc2NC(=O)COc2cccc(F)c2)CC1. The van der Waals surface area contributed by atoms with E-state index < -0.39 is 21.7 Å². The molecule has 186 valence electrons. The molecule has 1 aliphatic rings. The van der Waals surface area contributed by atoms with Crippen LogP contribution in [0.4, 0.5) is 15.8 Å². The summed E-state index contributed by atoms with van der Waals surface area (Å²) in [6, 6.07) is 10.4. The van der Waals surface area contributed by atoms with Gasteiger partial charge in [0.05, 0.1) is 16.3 Å². The molecule has 1 heterocycles. The number of piperazine rings is 1. The number of halogens is 1. The monoisotopic (exact) mass is 492 g/mol. The van der Waals surface area contributed by atoms with E-state index in [1.54, 1.807) is 32.0 Å². The van der Waals surface area contributed by atoms with Crippen molar-refractivity contribution in [2.75, 3.05) is 62.6 Å². The maximum absolute atomic E-state index is 13.4. The van der Waals surface area contributed by atoms with Crippen molar-refractivity contribution in [2.45, 2.75) is 25.7 Å². The van der Waals surface area contributed by atoms with E-state index in [0.29, 0.717) is 18.8 Å². The molecule has 2 aromatic rings. The zero-order chi connectivity index (χ0) is 24.7. The number of likely N-dealkylation sites (N-methyl/N-ethyl adjacent to an activating group) is 1. The van der Waals surface area contributed by atoms with Crippen LogP contribution in [-0.2, 0) is 14.8 Å². The summed E-state index contributed by atoms with van der Waals surface area (Å²) in [7, 11) is -3.70. The van der Waals surface area contributed by atoms with E-state index in [1.807, 2.05) is 0 Å². The molecule has 0 saturated carbocycles. The Hall–Kier alpha value is -2.69. The van der Waals surface area contributed by atoms with E-state index >= 15 is 0 Å². The molecule has 3 rings (SSSR count). The van der Waals surface area contributed by atoms with Crippen molar-refractivity contribution in [3.8, 4) is 5.75 Å². The van der Waals surface area contributed by atoms with E-state index in [0.717, 1.165) is 38.4 Å². The third-order valence-corrected chi connectivity index (χ3v) is 7.96. The predicted molar refractivity (Wildman–Crippen MR) is 131 cm³/mol. The van der Waals surface area contributed by atoms with Crippen LogP contribution < -0.4 is 15.0 Å². The first-order valence-electron chi connectivity index (χ1n) is 11.6. The number of nitrogens with zero attached hydrogens (tertiary/aromatic N) is 3. The molecule has 0 aliphatic carbocycles. The molecule has 0 aromatic heterocycles. The lowest BCUT2D eigenvalue weighted by Gasteiger charge is -2.36. The van der Waals surface area contributed by atoms with Gasteiger partial charge in [0.25, 0.3) is 5.91 Å². The quantitative estimate of drug-likeness (QED) is 0.549. The number of hydrogen-bond donors (Lipinski definition) is 1. The number of nitrogens with one attached hydrogen (secondary N) is 1. The predicted octanol–water partition coefficient (Wildman–Crippen LogP) is 3.02. The van der Waals surface area contributed by atoms with Gasteiger partial charge in [0, 0.05) is 45.3 Å². The molecule has 1 fully saturated rings. The maximum atomic E-state index is 13.4. The fraction of sp³-hybridized carbons (Fsp3) is 0.458. The third kappa shape index (κ3) is 6.25. The first kappa shape index (κ1) is 25.9. The summed E-state index contributed by atoms with van der Waals surface area (Å²) in [6.45, 7) is 10.3. The summed E-state index contributed by atoms with van der Waals surface area (Å²) < 4.78 is 46.3. The van der Waals surface area contributed by atoms with Crippen LogP contribution in [0.5, 0.6) is 5.75 Å². The van der Waals surface area contributed by atoms with Crippen molar-refractivity contribution in [2.24, 2.45) is 0 Å². The number of ether oxygens (including phenoxy) is 1. The molecule has 0 unspecified atom stereocenters. The average Bonchev–Trinajstić information content (AvgIpc) is 2.83. The second kappa shape index (κ2) is 11.6. The van der Waals surface area contributed by atoms with Gasteiger partial charge in [-0.1, -0.05) is 26.8 Å². The third-order valence-electron chi connectivity index (χ3n) is 5.91.